The molecule has 1 saturated heterocycles. The third-order valence-corrected chi connectivity index (χ3v) is 9.96. The molecule has 1 aliphatic rings. The largest absolute Gasteiger partial charge is 0.487 e. The van der Waals surface area contributed by atoms with Crippen LogP contribution in [0.25, 0.3) is 10.8 Å². The molecule has 0 radical (unpaired) electrons. The number of nitrogens with zero attached hydrogens (tertiary/aromatic N) is 7. The lowest BCUT2D eigenvalue weighted by Gasteiger charge is -2.38. The maximum atomic E-state index is 14.2. The molecular formula is C33H35N7O3S. The van der Waals surface area contributed by atoms with Crippen molar-refractivity contribution in [3.63, 3.8) is 0 Å². The van der Waals surface area contributed by atoms with Gasteiger partial charge in [0.05, 0.1) is 10.6 Å². The van der Waals surface area contributed by atoms with Gasteiger partial charge in [-0.2, -0.15) is 4.31 Å². The fourth-order valence-electron chi connectivity index (χ4n) is 5.49. The van der Waals surface area contributed by atoms with E-state index in [1.54, 1.807) is 60.5 Å². The summed E-state index contributed by atoms with van der Waals surface area (Å²) in [6.07, 6.45) is 9.12. The van der Waals surface area contributed by atoms with Gasteiger partial charge in [-0.15, -0.1) is 0 Å². The van der Waals surface area contributed by atoms with Gasteiger partial charge in [0.1, 0.15) is 12.4 Å². The first-order valence-corrected chi connectivity index (χ1v) is 16.1. The van der Waals surface area contributed by atoms with Crippen molar-refractivity contribution in [2.45, 2.75) is 24.0 Å². The average Bonchev–Trinajstić information content (AvgIpc) is 3.08. The molecule has 10 nitrogen and oxygen atoms in total. The summed E-state index contributed by atoms with van der Waals surface area (Å²) in [6.45, 7) is 4.07. The summed E-state index contributed by atoms with van der Waals surface area (Å²) in [5.74, 6) is 1.46. The lowest BCUT2D eigenvalue weighted by Crippen LogP contribution is -2.52. The smallest absolute Gasteiger partial charge is 0.243 e. The number of hydrogen-bond acceptors (Lipinski definition) is 9. The number of sulfonamides is 1. The first-order chi connectivity index (χ1) is 21.5. The molecule has 0 aliphatic carbocycles. The van der Waals surface area contributed by atoms with E-state index in [9.17, 15) is 8.42 Å². The van der Waals surface area contributed by atoms with E-state index in [0.29, 0.717) is 25.0 Å². The Labute approximate surface area is 258 Å². The van der Waals surface area contributed by atoms with Crippen molar-refractivity contribution < 1.29 is 13.2 Å². The van der Waals surface area contributed by atoms with E-state index in [4.69, 9.17) is 4.74 Å². The van der Waals surface area contributed by atoms with Crippen molar-refractivity contribution >= 4 is 26.7 Å². The van der Waals surface area contributed by atoms with Crippen LogP contribution in [0.1, 0.15) is 11.3 Å². The minimum Gasteiger partial charge on any atom is -0.487 e. The molecule has 0 bridgehead atoms. The lowest BCUT2D eigenvalue weighted by atomic mass is 10.0. The summed E-state index contributed by atoms with van der Waals surface area (Å²) in [5, 5.41) is 1.46. The van der Waals surface area contributed by atoms with Crippen LogP contribution < -0.4 is 9.64 Å². The van der Waals surface area contributed by atoms with Gasteiger partial charge in [0, 0.05) is 87.6 Å². The van der Waals surface area contributed by atoms with Crippen LogP contribution in [0.2, 0.25) is 0 Å². The number of benzene rings is 2. The zero-order chi connectivity index (χ0) is 30.4. The summed E-state index contributed by atoms with van der Waals surface area (Å²) in [6, 6.07) is 22.2. The van der Waals surface area contributed by atoms with E-state index in [1.807, 2.05) is 54.6 Å². The van der Waals surface area contributed by atoms with Crippen molar-refractivity contribution in [1.82, 2.24) is 29.1 Å². The average molecular weight is 610 g/mol. The number of likely N-dealkylation sites (N-methyl/N-ethyl adjacent to an activating group) is 1. The van der Waals surface area contributed by atoms with Gasteiger partial charge in [0.15, 0.2) is 0 Å². The van der Waals surface area contributed by atoms with Gasteiger partial charge in [0.25, 0.3) is 0 Å². The molecule has 6 rings (SSSR count). The highest BCUT2D eigenvalue weighted by Crippen LogP contribution is 2.27. The molecule has 11 heteroatoms. The molecule has 1 fully saturated rings. The molecule has 5 aromatic rings. The first-order valence-electron chi connectivity index (χ1n) is 14.6. The summed E-state index contributed by atoms with van der Waals surface area (Å²) in [4.78, 5) is 22.0. The number of aromatic nitrogens is 4. The summed E-state index contributed by atoms with van der Waals surface area (Å²) < 4.78 is 35.8. The molecule has 0 saturated carbocycles. The second-order valence-electron chi connectivity index (χ2n) is 10.8. The van der Waals surface area contributed by atoms with Crippen molar-refractivity contribution in [3.8, 4) is 5.75 Å². The van der Waals surface area contributed by atoms with Crippen LogP contribution in [0.15, 0.2) is 109 Å². The maximum absolute atomic E-state index is 14.2. The Bertz CT molecular complexity index is 1760. The van der Waals surface area contributed by atoms with Gasteiger partial charge < -0.3 is 9.64 Å². The van der Waals surface area contributed by atoms with Crippen molar-refractivity contribution in [1.29, 1.82) is 0 Å². The Kier molecular flexibility index (Phi) is 9.06. The second kappa shape index (κ2) is 13.5. The second-order valence-corrected chi connectivity index (χ2v) is 12.8. The highest BCUT2D eigenvalue weighted by atomic mass is 32.2. The molecule has 44 heavy (non-hydrogen) atoms. The van der Waals surface area contributed by atoms with Crippen LogP contribution in [0.5, 0.6) is 5.75 Å². The van der Waals surface area contributed by atoms with E-state index in [0.717, 1.165) is 54.5 Å². The number of hydrogen-bond donors (Lipinski definition) is 0. The van der Waals surface area contributed by atoms with E-state index in [1.165, 1.54) is 0 Å². The molecule has 1 aliphatic heterocycles. The highest BCUT2D eigenvalue weighted by Gasteiger charge is 2.32. The number of pyridine rings is 2. The van der Waals surface area contributed by atoms with E-state index in [2.05, 4.69) is 29.7 Å². The fourth-order valence-corrected chi connectivity index (χ4v) is 7.05. The van der Waals surface area contributed by atoms with Gasteiger partial charge in [-0.05, 0) is 54.4 Å². The topological polar surface area (TPSA) is 105 Å². The van der Waals surface area contributed by atoms with Gasteiger partial charge in [-0.3, -0.25) is 14.9 Å². The monoisotopic (exact) mass is 609 g/mol. The standard InChI is InChI=1S/C33H35N7O3S/c1-38(44(41,42)32-8-4-6-27-23-34-17-13-31(27)32)29(24-39-18-20-40(21-19-39)33-36-15-5-16-37-33)22-26-9-11-30(12-10-26)43-25-28-7-2-3-14-35-28/h2-17,23,29H,18-22,24-25H2,1H3. The summed E-state index contributed by atoms with van der Waals surface area (Å²) in [7, 11) is -2.13. The molecule has 0 spiro atoms. The lowest BCUT2D eigenvalue weighted by molar-refractivity contribution is 0.200. The molecule has 1 unspecified atom stereocenters. The molecule has 226 valence electrons. The van der Waals surface area contributed by atoms with Gasteiger partial charge in [0.2, 0.25) is 16.0 Å². The SMILES string of the molecule is CN(C(Cc1ccc(OCc2ccccn2)cc1)CN1CCN(c2ncccn2)CC1)S(=O)(=O)c1cccc2cnccc12. The van der Waals surface area contributed by atoms with E-state index < -0.39 is 10.0 Å². The van der Waals surface area contributed by atoms with Crippen LogP contribution in [0.3, 0.4) is 0 Å². The number of piperazine rings is 1. The van der Waals surface area contributed by atoms with Crippen LogP contribution in [0.4, 0.5) is 5.95 Å². The molecule has 1 atom stereocenters. The van der Waals surface area contributed by atoms with Gasteiger partial charge in [-0.1, -0.05) is 30.3 Å². The third kappa shape index (κ3) is 6.85. The van der Waals surface area contributed by atoms with Crippen molar-refractivity contribution in [2.24, 2.45) is 0 Å². The van der Waals surface area contributed by atoms with Crippen LogP contribution >= 0.6 is 0 Å². The van der Waals surface area contributed by atoms with Crippen LogP contribution in [0, 0.1) is 0 Å². The zero-order valence-electron chi connectivity index (χ0n) is 24.6. The Morgan fingerprint density at radius 2 is 1.61 bits per heavy atom. The minimum atomic E-state index is -3.82. The maximum Gasteiger partial charge on any atom is 0.243 e. The number of anilines is 1. The fraction of sp³-hybridized carbons (Fsp3) is 0.273. The van der Waals surface area contributed by atoms with Crippen LogP contribution in [-0.4, -0.2) is 83.4 Å². The van der Waals surface area contributed by atoms with Crippen LogP contribution in [-0.2, 0) is 23.1 Å². The van der Waals surface area contributed by atoms with E-state index >= 15 is 0 Å². The van der Waals surface area contributed by atoms with E-state index in [-0.39, 0.29) is 10.9 Å². The normalized spacial score (nSPS) is 15.0. The summed E-state index contributed by atoms with van der Waals surface area (Å²) >= 11 is 0. The van der Waals surface area contributed by atoms with Gasteiger partial charge >= 0.3 is 0 Å². The molecule has 3 aromatic heterocycles. The Morgan fingerprint density at radius 1 is 0.841 bits per heavy atom. The molecule has 0 N–H and O–H groups in total. The van der Waals surface area contributed by atoms with Gasteiger partial charge in [-0.25, -0.2) is 18.4 Å². The number of ether oxygens (including phenoxy) is 1. The highest BCUT2D eigenvalue weighted by molar-refractivity contribution is 7.89. The Hall–Kier alpha value is -4.45. The molecule has 2 aromatic carbocycles. The van der Waals surface area contributed by atoms with Crippen molar-refractivity contribution in [3.05, 3.63) is 115 Å². The number of rotatable bonds is 11. The van der Waals surface area contributed by atoms with Crippen molar-refractivity contribution in [2.75, 3.05) is 44.7 Å². The minimum absolute atomic E-state index is 0.286. The Balaban J connectivity index is 1.21. The zero-order valence-corrected chi connectivity index (χ0v) is 25.4. The predicted molar refractivity (Wildman–Crippen MR) is 170 cm³/mol. The molecule has 0 amide bonds. The first kappa shape index (κ1) is 29.6. The molecular weight excluding hydrogens is 574 g/mol. The molecule has 4 heterocycles. The Morgan fingerprint density at radius 3 is 2.36 bits per heavy atom. The number of fused-ring (bicyclic) bond motifs is 1. The predicted octanol–water partition coefficient (Wildman–Crippen LogP) is 4.05. The third-order valence-electron chi connectivity index (χ3n) is 8.00. The summed E-state index contributed by atoms with van der Waals surface area (Å²) in [5.41, 5.74) is 1.88. The quantitative estimate of drug-likeness (QED) is 0.219.